The van der Waals surface area contributed by atoms with Crippen molar-refractivity contribution in [3.8, 4) is 16.2 Å². The molecule has 1 N–H and O–H groups in total. The van der Waals surface area contributed by atoms with Gasteiger partial charge < -0.3 is 5.11 Å². The Balaban J connectivity index is 2.56. The van der Waals surface area contributed by atoms with Crippen LogP contribution in [0.3, 0.4) is 0 Å². The van der Waals surface area contributed by atoms with Gasteiger partial charge in [0.2, 0.25) is 0 Å². The third kappa shape index (κ3) is 1.29. The average Bonchev–Trinajstić information content (AvgIpc) is 2.32. The molecule has 0 fully saturated rings. The molecule has 0 saturated carbocycles. The topological polar surface area (TPSA) is 37.3 Å². The fourth-order valence-electron chi connectivity index (χ4n) is 1.77. The zero-order valence-corrected chi connectivity index (χ0v) is 9.12. The summed E-state index contributed by atoms with van der Waals surface area (Å²) in [5.74, 6) is 0.172. The van der Waals surface area contributed by atoms with E-state index in [2.05, 4.69) is 0 Å². The van der Waals surface area contributed by atoms with Crippen molar-refractivity contribution in [3.63, 3.8) is 0 Å². The highest BCUT2D eigenvalue weighted by atomic mass is 32.1. The Morgan fingerprint density at radius 3 is 2.75 bits per heavy atom. The van der Waals surface area contributed by atoms with Gasteiger partial charge in [0.05, 0.1) is 4.88 Å². The molecule has 1 aliphatic carbocycles. The fraction of sp³-hybridized carbons (Fsp3) is 0. The summed E-state index contributed by atoms with van der Waals surface area (Å²) in [4.78, 5) is 12.3. The Morgan fingerprint density at radius 1 is 1.06 bits per heavy atom. The summed E-state index contributed by atoms with van der Waals surface area (Å²) in [5, 5.41) is 10.8. The molecule has 16 heavy (non-hydrogen) atoms. The molecule has 78 valence electrons. The third-order valence-corrected chi connectivity index (χ3v) is 3.79. The molecular formula is C13H8O2S. The van der Waals surface area contributed by atoms with Gasteiger partial charge in [0, 0.05) is 10.3 Å². The summed E-state index contributed by atoms with van der Waals surface area (Å²) < 4.78 is 1.07. The van der Waals surface area contributed by atoms with Crippen molar-refractivity contribution in [2.24, 2.45) is 0 Å². The number of benzene rings is 2. The first-order valence-electron chi connectivity index (χ1n) is 4.90. The van der Waals surface area contributed by atoms with Gasteiger partial charge >= 0.3 is 0 Å². The summed E-state index contributed by atoms with van der Waals surface area (Å²) in [6.45, 7) is 0. The highest BCUT2D eigenvalue weighted by Crippen LogP contribution is 2.36. The van der Waals surface area contributed by atoms with Gasteiger partial charge in [-0.1, -0.05) is 18.2 Å². The predicted molar refractivity (Wildman–Crippen MR) is 66.4 cm³/mol. The molecule has 0 bridgehead atoms. The molecule has 0 saturated heterocycles. The molecule has 3 rings (SSSR count). The molecule has 0 radical (unpaired) electrons. The average molecular weight is 228 g/mol. The van der Waals surface area contributed by atoms with Crippen molar-refractivity contribution in [3.05, 3.63) is 52.7 Å². The lowest BCUT2D eigenvalue weighted by Crippen LogP contribution is -2.02. The van der Waals surface area contributed by atoms with Crippen molar-refractivity contribution in [2.45, 2.75) is 0 Å². The maximum absolute atomic E-state index is 11.7. The molecule has 0 amide bonds. The van der Waals surface area contributed by atoms with Crippen LogP contribution in [0.15, 0.2) is 47.3 Å². The van der Waals surface area contributed by atoms with Crippen LogP contribution in [0.4, 0.5) is 0 Å². The van der Waals surface area contributed by atoms with Crippen molar-refractivity contribution in [2.75, 3.05) is 0 Å². The van der Waals surface area contributed by atoms with Crippen molar-refractivity contribution in [1.29, 1.82) is 0 Å². The summed E-state index contributed by atoms with van der Waals surface area (Å²) in [6, 6.07) is 12.5. The summed E-state index contributed by atoms with van der Waals surface area (Å²) in [5.41, 5.74) is 0.540. The van der Waals surface area contributed by atoms with Gasteiger partial charge in [0.25, 0.3) is 0 Å². The minimum absolute atomic E-state index is 0.0465. The van der Waals surface area contributed by atoms with E-state index in [1.807, 2.05) is 30.3 Å². The van der Waals surface area contributed by atoms with Crippen LogP contribution in [0.1, 0.15) is 0 Å². The lowest BCUT2D eigenvalue weighted by Gasteiger charge is -2.07. The Kier molecular flexibility index (Phi) is 1.94. The van der Waals surface area contributed by atoms with E-state index in [1.165, 1.54) is 23.5 Å². The maximum Gasteiger partial charge on any atom is 0.187 e. The highest BCUT2D eigenvalue weighted by Gasteiger charge is 2.12. The smallest absolute Gasteiger partial charge is 0.187 e. The summed E-state index contributed by atoms with van der Waals surface area (Å²) in [7, 11) is 0. The number of hydrogen-bond donors (Lipinski definition) is 1. The molecule has 1 heterocycles. The van der Waals surface area contributed by atoms with Crippen LogP contribution in [-0.4, -0.2) is 5.11 Å². The van der Waals surface area contributed by atoms with E-state index in [4.69, 9.17) is 0 Å². The number of phenolic OH excluding ortho intramolecular Hbond substituents is 1. The van der Waals surface area contributed by atoms with E-state index in [0.29, 0.717) is 10.4 Å². The van der Waals surface area contributed by atoms with Gasteiger partial charge in [-0.2, -0.15) is 0 Å². The Bertz CT molecular complexity index is 700. The molecule has 1 aromatic rings. The predicted octanol–water partition coefficient (Wildman–Crippen LogP) is 3.07. The number of fused-ring (bicyclic) bond motifs is 2. The van der Waals surface area contributed by atoms with Crippen LogP contribution < -0.4 is 5.43 Å². The van der Waals surface area contributed by atoms with Crippen molar-refractivity contribution >= 4 is 21.4 Å². The van der Waals surface area contributed by atoms with E-state index in [-0.39, 0.29) is 11.2 Å². The minimum atomic E-state index is -0.0465. The van der Waals surface area contributed by atoms with Crippen LogP contribution in [-0.2, 0) is 0 Å². The second-order valence-electron chi connectivity index (χ2n) is 3.61. The number of hydrogen-bond acceptors (Lipinski definition) is 3. The molecular weight excluding hydrogens is 220 g/mol. The van der Waals surface area contributed by atoms with E-state index in [1.54, 1.807) is 0 Å². The van der Waals surface area contributed by atoms with Crippen molar-refractivity contribution < 1.29 is 5.11 Å². The summed E-state index contributed by atoms with van der Waals surface area (Å²) >= 11 is 1.44. The van der Waals surface area contributed by atoms with Crippen LogP contribution >= 0.6 is 11.3 Å². The second kappa shape index (κ2) is 3.32. The molecule has 1 aliphatic heterocycles. The molecule has 2 aliphatic rings. The first kappa shape index (κ1) is 9.36. The monoisotopic (exact) mass is 228 g/mol. The van der Waals surface area contributed by atoms with Gasteiger partial charge in [0.1, 0.15) is 5.75 Å². The zero-order chi connectivity index (χ0) is 11.1. The Morgan fingerprint density at radius 2 is 1.88 bits per heavy atom. The van der Waals surface area contributed by atoms with Gasteiger partial charge in [-0.25, -0.2) is 0 Å². The summed E-state index contributed by atoms with van der Waals surface area (Å²) in [6.07, 6.45) is 0. The van der Waals surface area contributed by atoms with Gasteiger partial charge in [-0.3, -0.25) is 4.79 Å². The third-order valence-electron chi connectivity index (χ3n) is 2.57. The van der Waals surface area contributed by atoms with E-state index in [0.717, 1.165) is 10.1 Å². The Labute approximate surface area is 95.8 Å². The van der Waals surface area contributed by atoms with Gasteiger partial charge in [-0.05, 0) is 29.7 Å². The standard InChI is InChI=1S/C13H8O2S/c14-10-5-6-11(15)13-9(10)7-8-3-1-2-4-12(8)16-13/h1-7,15H. The number of aromatic hydroxyl groups is 1. The SMILES string of the molecule is O=c1ccc(O)c2sc3ccccc3cc1-2. The molecule has 0 unspecified atom stereocenters. The van der Waals surface area contributed by atoms with E-state index in [9.17, 15) is 9.90 Å². The van der Waals surface area contributed by atoms with Crippen LogP contribution in [0.5, 0.6) is 5.75 Å². The highest BCUT2D eigenvalue weighted by molar-refractivity contribution is 7.21. The second-order valence-corrected chi connectivity index (χ2v) is 4.66. The lowest BCUT2D eigenvalue weighted by molar-refractivity contribution is 0.478. The maximum atomic E-state index is 11.7. The molecule has 0 atom stereocenters. The first-order chi connectivity index (χ1) is 7.75. The largest absolute Gasteiger partial charge is 0.506 e. The van der Waals surface area contributed by atoms with Gasteiger partial charge in [0.15, 0.2) is 5.43 Å². The number of phenols is 1. The molecule has 1 aromatic carbocycles. The van der Waals surface area contributed by atoms with E-state index < -0.39 is 0 Å². The van der Waals surface area contributed by atoms with Crippen LogP contribution in [0.25, 0.3) is 20.5 Å². The quantitative estimate of drug-likeness (QED) is 0.600. The molecule has 0 spiro atoms. The van der Waals surface area contributed by atoms with E-state index >= 15 is 0 Å². The molecule has 2 nitrogen and oxygen atoms in total. The van der Waals surface area contributed by atoms with Gasteiger partial charge in [-0.15, -0.1) is 11.3 Å². The fourth-order valence-corrected chi connectivity index (χ4v) is 2.83. The normalized spacial score (nSPS) is 11.0. The Hall–Kier alpha value is -1.87. The molecule has 3 heteroatoms. The van der Waals surface area contributed by atoms with Crippen LogP contribution in [0.2, 0.25) is 0 Å². The zero-order valence-electron chi connectivity index (χ0n) is 8.31. The van der Waals surface area contributed by atoms with Crippen molar-refractivity contribution in [1.82, 2.24) is 0 Å². The van der Waals surface area contributed by atoms with Crippen LogP contribution in [0, 0.1) is 0 Å². The molecule has 0 aromatic heterocycles. The first-order valence-corrected chi connectivity index (χ1v) is 5.72. The minimum Gasteiger partial charge on any atom is -0.506 e. The lowest BCUT2D eigenvalue weighted by atomic mass is 10.1. The number of rotatable bonds is 0.